The van der Waals surface area contributed by atoms with Crippen LogP contribution in [0.2, 0.25) is 0 Å². The van der Waals surface area contributed by atoms with Gasteiger partial charge in [-0.2, -0.15) is 24.5 Å². The zero-order valence-electron chi connectivity index (χ0n) is 18.0. The molecule has 1 saturated heterocycles. The second-order valence-electron chi connectivity index (χ2n) is 9.61. The number of thiophene rings is 1. The fourth-order valence-corrected chi connectivity index (χ4v) is 6.62. The Bertz CT molecular complexity index is 925. The standard InChI is InChI=1S/C25H29F3N2OS/c26-25(27,28)19-3-1-2-16(12-19)8-10-29-24(31)23-21-13-30(14-22(21)23)20-6-4-17(5-7-20)18-9-11-32-15-18/h1-3,9,11-12,15,17,20-23H,4-8,10,13-14H2,(H,29,31)/t17?,20?,21-,22+,23?. The predicted octanol–water partition coefficient (Wildman–Crippen LogP) is 5.33. The molecule has 2 heterocycles. The van der Waals surface area contributed by atoms with Crippen molar-refractivity contribution in [3.05, 3.63) is 57.8 Å². The second kappa shape index (κ2) is 8.82. The van der Waals surface area contributed by atoms with Crippen LogP contribution in [0.4, 0.5) is 13.2 Å². The van der Waals surface area contributed by atoms with E-state index in [1.165, 1.54) is 43.4 Å². The number of nitrogens with zero attached hydrogens (tertiary/aromatic N) is 1. The highest BCUT2D eigenvalue weighted by Gasteiger charge is 2.59. The lowest BCUT2D eigenvalue weighted by Crippen LogP contribution is -2.39. The van der Waals surface area contributed by atoms with Crippen molar-refractivity contribution in [1.29, 1.82) is 0 Å². The highest BCUT2D eigenvalue weighted by Crippen LogP contribution is 2.53. The Labute approximate surface area is 191 Å². The van der Waals surface area contributed by atoms with Gasteiger partial charge in [0.15, 0.2) is 0 Å². The Morgan fingerprint density at radius 1 is 1.09 bits per heavy atom. The van der Waals surface area contributed by atoms with Crippen LogP contribution in [0.5, 0.6) is 0 Å². The lowest BCUT2D eigenvalue weighted by molar-refractivity contribution is -0.137. The van der Waals surface area contributed by atoms with Crippen LogP contribution in [0.1, 0.15) is 48.3 Å². The van der Waals surface area contributed by atoms with Crippen LogP contribution in [-0.2, 0) is 17.4 Å². The molecule has 0 bridgehead atoms. The minimum absolute atomic E-state index is 0.0767. The molecule has 0 spiro atoms. The van der Waals surface area contributed by atoms with Gasteiger partial charge in [-0.15, -0.1) is 0 Å². The van der Waals surface area contributed by atoms with Crippen molar-refractivity contribution in [1.82, 2.24) is 10.2 Å². The number of fused-ring (bicyclic) bond motifs is 1. The predicted molar refractivity (Wildman–Crippen MR) is 120 cm³/mol. The summed E-state index contributed by atoms with van der Waals surface area (Å²) in [4.78, 5) is 15.2. The van der Waals surface area contributed by atoms with E-state index in [9.17, 15) is 18.0 Å². The van der Waals surface area contributed by atoms with Crippen LogP contribution in [-0.4, -0.2) is 36.5 Å². The van der Waals surface area contributed by atoms with Crippen molar-refractivity contribution in [2.45, 2.75) is 50.2 Å². The zero-order valence-corrected chi connectivity index (χ0v) is 18.8. The normalized spacial score (nSPS) is 30.2. The number of amides is 1. The van der Waals surface area contributed by atoms with E-state index < -0.39 is 11.7 Å². The quantitative estimate of drug-likeness (QED) is 0.629. The van der Waals surface area contributed by atoms with Gasteiger partial charge in [-0.05, 0) is 83.9 Å². The molecule has 2 saturated carbocycles. The number of carbonyl (C=O) groups is 1. The van der Waals surface area contributed by atoms with Crippen molar-refractivity contribution in [3.63, 3.8) is 0 Å². The molecule has 32 heavy (non-hydrogen) atoms. The molecule has 3 nitrogen and oxygen atoms in total. The molecule has 172 valence electrons. The molecule has 1 aliphatic heterocycles. The maximum absolute atomic E-state index is 12.8. The molecule has 1 aromatic carbocycles. The first-order chi connectivity index (χ1) is 15.4. The van der Waals surface area contributed by atoms with E-state index >= 15 is 0 Å². The zero-order chi connectivity index (χ0) is 22.3. The van der Waals surface area contributed by atoms with Gasteiger partial charge in [-0.3, -0.25) is 9.69 Å². The van der Waals surface area contributed by atoms with Crippen molar-refractivity contribution < 1.29 is 18.0 Å². The molecule has 1 unspecified atom stereocenters. The van der Waals surface area contributed by atoms with E-state index in [2.05, 4.69) is 27.0 Å². The number of likely N-dealkylation sites (tertiary alicyclic amines) is 1. The fraction of sp³-hybridized carbons (Fsp3) is 0.560. The first-order valence-electron chi connectivity index (χ1n) is 11.6. The molecular formula is C25H29F3N2OS. The van der Waals surface area contributed by atoms with Crippen molar-refractivity contribution >= 4 is 17.2 Å². The molecular weight excluding hydrogens is 433 g/mol. The number of halogens is 3. The number of hydrogen-bond donors (Lipinski definition) is 1. The van der Waals surface area contributed by atoms with Gasteiger partial charge in [0.1, 0.15) is 0 Å². The highest BCUT2D eigenvalue weighted by atomic mass is 32.1. The Balaban J connectivity index is 1.04. The van der Waals surface area contributed by atoms with E-state index in [0.29, 0.717) is 42.3 Å². The number of carbonyl (C=O) groups excluding carboxylic acids is 1. The van der Waals surface area contributed by atoms with E-state index in [-0.39, 0.29) is 11.8 Å². The van der Waals surface area contributed by atoms with Gasteiger partial charge in [0, 0.05) is 31.6 Å². The van der Waals surface area contributed by atoms with Gasteiger partial charge in [0.05, 0.1) is 5.56 Å². The summed E-state index contributed by atoms with van der Waals surface area (Å²) < 4.78 is 38.5. The number of hydrogen-bond acceptors (Lipinski definition) is 3. The fourth-order valence-electron chi connectivity index (χ4n) is 5.88. The monoisotopic (exact) mass is 462 g/mol. The highest BCUT2D eigenvalue weighted by molar-refractivity contribution is 7.07. The van der Waals surface area contributed by atoms with E-state index in [1.54, 1.807) is 17.4 Å². The molecule has 2 aliphatic carbocycles. The number of rotatable bonds is 6. The third-order valence-corrected chi connectivity index (χ3v) is 8.42. The second-order valence-corrected chi connectivity index (χ2v) is 10.4. The number of nitrogens with one attached hydrogen (secondary N) is 1. The van der Waals surface area contributed by atoms with Gasteiger partial charge in [-0.1, -0.05) is 18.2 Å². The summed E-state index contributed by atoms with van der Waals surface area (Å²) in [5.74, 6) is 1.80. The van der Waals surface area contributed by atoms with E-state index in [0.717, 1.165) is 19.2 Å². The van der Waals surface area contributed by atoms with Crippen molar-refractivity contribution in [2.75, 3.05) is 19.6 Å². The molecule has 3 atom stereocenters. The number of alkyl halides is 3. The average molecular weight is 463 g/mol. The van der Waals surface area contributed by atoms with Gasteiger partial charge in [0.2, 0.25) is 5.91 Å². The lowest BCUT2D eigenvalue weighted by atomic mass is 9.82. The SMILES string of the molecule is O=C(NCCc1cccc(C(F)(F)F)c1)C1[C@H]2CN(C3CCC(c4ccsc4)CC3)C[C@@H]12. The molecule has 2 aromatic rings. The maximum Gasteiger partial charge on any atom is 0.416 e. The Morgan fingerprint density at radius 2 is 1.84 bits per heavy atom. The van der Waals surface area contributed by atoms with E-state index in [4.69, 9.17) is 0 Å². The van der Waals surface area contributed by atoms with Gasteiger partial charge in [0.25, 0.3) is 0 Å². The average Bonchev–Trinajstić information content (AvgIpc) is 3.16. The summed E-state index contributed by atoms with van der Waals surface area (Å²) in [7, 11) is 0. The summed E-state index contributed by atoms with van der Waals surface area (Å²) in [6.07, 6.45) is 1.08. The minimum atomic E-state index is -4.33. The summed E-state index contributed by atoms with van der Waals surface area (Å²) >= 11 is 1.78. The number of benzene rings is 1. The van der Waals surface area contributed by atoms with Crippen LogP contribution >= 0.6 is 11.3 Å². The molecule has 1 amide bonds. The van der Waals surface area contributed by atoms with Crippen molar-refractivity contribution in [3.8, 4) is 0 Å². The summed E-state index contributed by atoms with van der Waals surface area (Å²) in [5, 5.41) is 7.41. The first-order valence-corrected chi connectivity index (χ1v) is 12.5. The van der Waals surface area contributed by atoms with Crippen LogP contribution in [0.25, 0.3) is 0 Å². The lowest BCUT2D eigenvalue weighted by Gasteiger charge is -2.35. The Hall–Kier alpha value is -1.86. The van der Waals surface area contributed by atoms with E-state index in [1.807, 2.05) is 0 Å². The minimum Gasteiger partial charge on any atom is -0.356 e. The van der Waals surface area contributed by atoms with Gasteiger partial charge in [-0.25, -0.2) is 0 Å². The van der Waals surface area contributed by atoms with Crippen LogP contribution in [0.3, 0.4) is 0 Å². The van der Waals surface area contributed by atoms with Gasteiger partial charge < -0.3 is 5.32 Å². The maximum atomic E-state index is 12.8. The third-order valence-electron chi connectivity index (χ3n) is 7.72. The van der Waals surface area contributed by atoms with Crippen LogP contribution < -0.4 is 5.32 Å². The third kappa shape index (κ3) is 4.60. The molecule has 0 radical (unpaired) electrons. The molecule has 5 rings (SSSR count). The largest absolute Gasteiger partial charge is 0.416 e. The first kappa shape index (κ1) is 22.0. The number of piperidine rings is 1. The summed E-state index contributed by atoms with van der Waals surface area (Å²) in [6, 6.07) is 8.27. The summed E-state index contributed by atoms with van der Waals surface area (Å²) in [5.41, 5.74) is 1.46. The summed E-state index contributed by atoms with van der Waals surface area (Å²) in [6.45, 7) is 2.42. The van der Waals surface area contributed by atoms with Crippen LogP contribution in [0.15, 0.2) is 41.1 Å². The Kier molecular flexibility index (Phi) is 6.05. The molecule has 1 N–H and O–H groups in total. The smallest absolute Gasteiger partial charge is 0.356 e. The molecule has 1 aromatic heterocycles. The molecule has 3 fully saturated rings. The van der Waals surface area contributed by atoms with Crippen molar-refractivity contribution in [2.24, 2.45) is 17.8 Å². The molecule has 3 aliphatic rings. The van der Waals surface area contributed by atoms with Crippen LogP contribution in [0, 0.1) is 17.8 Å². The van der Waals surface area contributed by atoms with Gasteiger partial charge >= 0.3 is 6.18 Å². The Morgan fingerprint density at radius 3 is 2.50 bits per heavy atom. The topological polar surface area (TPSA) is 32.3 Å². The molecule has 7 heteroatoms.